The Morgan fingerprint density at radius 3 is 2.65 bits per heavy atom. The van der Waals surface area contributed by atoms with Crippen LogP contribution in [0.15, 0.2) is 42.5 Å². The first-order valence-corrected chi connectivity index (χ1v) is 8.43. The fourth-order valence-electron chi connectivity index (χ4n) is 3.17. The monoisotopic (exact) mass is 312 g/mol. The van der Waals surface area contributed by atoms with Crippen LogP contribution in [0.1, 0.15) is 47.4 Å². The van der Waals surface area contributed by atoms with E-state index in [0.717, 1.165) is 44.2 Å². The molecule has 3 N–H and O–H groups in total. The fraction of sp³-hybridized carbons (Fsp3) is 0.421. The topological polar surface area (TPSA) is 65.1 Å². The molecule has 2 aromatic rings. The van der Waals surface area contributed by atoms with Gasteiger partial charge in [0.05, 0.1) is 12.1 Å². The maximum atomic E-state index is 12.3. The highest BCUT2D eigenvalue weighted by Gasteiger charge is 2.25. The number of amides is 1. The van der Waals surface area contributed by atoms with Gasteiger partial charge in [0.1, 0.15) is 5.69 Å². The third-order valence-corrected chi connectivity index (χ3v) is 4.56. The van der Waals surface area contributed by atoms with Crippen molar-refractivity contribution in [2.75, 3.05) is 0 Å². The molecule has 0 radical (unpaired) electrons. The predicted molar refractivity (Wildman–Crippen MR) is 90.4 cm³/mol. The van der Waals surface area contributed by atoms with E-state index in [1.54, 1.807) is 0 Å². The number of carbonyl (C=O) groups is 1. The van der Waals surface area contributed by atoms with Crippen molar-refractivity contribution in [3.63, 3.8) is 0 Å². The van der Waals surface area contributed by atoms with E-state index in [2.05, 4.69) is 22.4 Å². The lowest BCUT2D eigenvalue weighted by Gasteiger charge is -2.28. The molecule has 1 aromatic heterocycles. The first kappa shape index (κ1) is 15.8. The zero-order chi connectivity index (χ0) is 16.1. The highest BCUT2D eigenvalue weighted by atomic mass is 16.3. The number of H-pyrrole nitrogens is 1. The highest BCUT2D eigenvalue weighted by molar-refractivity contribution is 5.92. The van der Waals surface area contributed by atoms with Gasteiger partial charge in [0.2, 0.25) is 0 Å². The Morgan fingerprint density at radius 1 is 1.09 bits per heavy atom. The molecule has 0 spiro atoms. The molecular weight excluding hydrogens is 288 g/mol. The number of aliphatic hydroxyl groups excluding tert-OH is 1. The molecular formula is C19H24N2O2. The minimum Gasteiger partial charge on any atom is -0.391 e. The predicted octanol–water partition coefficient (Wildman–Crippen LogP) is 2.83. The van der Waals surface area contributed by atoms with Gasteiger partial charge >= 0.3 is 0 Å². The number of hydrogen-bond acceptors (Lipinski definition) is 2. The highest BCUT2D eigenvalue weighted by Crippen LogP contribution is 2.18. The lowest BCUT2D eigenvalue weighted by Crippen LogP contribution is -2.45. The first-order chi connectivity index (χ1) is 11.2. The summed E-state index contributed by atoms with van der Waals surface area (Å²) in [6, 6.07) is 14.0. The van der Waals surface area contributed by atoms with Crippen molar-refractivity contribution in [1.82, 2.24) is 10.3 Å². The van der Waals surface area contributed by atoms with Crippen LogP contribution in [-0.2, 0) is 12.8 Å². The van der Waals surface area contributed by atoms with Crippen LogP contribution >= 0.6 is 0 Å². The summed E-state index contributed by atoms with van der Waals surface area (Å²) in [6.07, 6.45) is 5.15. The number of aromatic amines is 1. The second-order valence-corrected chi connectivity index (χ2v) is 6.31. The summed E-state index contributed by atoms with van der Waals surface area (Å²) >= 11 is 0. The number of rotatable bonds is 5. The van der Waals surface area contributed by atoms with Crippen molar-refractivity contribution in [2.45, 2.75) is 50.7 Å². The zero-order valence-corrected chi connectivity index (χ0v) is 13.3. The number of aliphatic hydroxyl groups is 1. The second-order valence-electron chi connectivity index (χ2n) is 6.31. The molecule has 2 atom stereocenters. The Bertz CT molecular complexity index is 636. The molecule has 1 amide bonds. The molecule has 1 saturated carbocycles. The van der Waals surface area contributed by atoms with Crippen molar-refractivity contribution in [3.05, 3.63) is 59.4 Å². The average Bonchev–Trinajstić information content (AvgIpc) is 3.05. The number of benzene rings is 1. The quantitative estimate of drug-likeness (QED) is 0.795. The summed E-state index contributed by atoms with van der Waals surface area (Å²) in [5.41, 5.74) is 2.92. The number of aryl methyl sites for hydroxylation is 2. The van der Waals surface area contributed by atoms with Gasteiger partial charge in [-0.1, -0.05) is 43.2 Å². The molecule has 0 unspecified atom stereocenters. The van der Waals surface area contributed by atoms with Gasteiger partial charge in [0.25, 0.3) is 5.91 Å². The molecule has 23 heavy (non-hydrogen) atoms. The molecule has 0 saturated heterocycles. The van der Waals surface area contributed by atoms with Crippen LogP contribution in [0.2, 0.25) is 0 Å². The van der Waals surface area contributed by atoms with E-state index in [-0.39, 0.29) is 11.9 Å². The smallest absolute Gasteiger partial charge is 0.268 e. The van der Waals surface area contributed by atoms with E-state index in [1.807, 2.05) is 30.3 Å². The van der Waals surface area contributed by atoms with E-state index in [1.165, 1.54) is 5.56 Å². The van der Waals surface area contributed by atoms with Crippen LogP contribution in [0, 0.1) is 0 Å². The second kappa shape index (κ2) is 7.47. The third kappa shape index (κ3) is 4.23. The van der Waals surface area contributed by atoms with Crippen LogP contribution in [0.25, 0.3) is 0 Å². The van der Waals surface area contributed by atoms with E-state index in [9.17, 15) is 9.90 Å². The van der Waals surface area contributed by atoms with Gasteiger partial charge in [0.15, 0.2) is 0 Å². The summed E-state index contributed by atoms with van der Waals surface area (Å²) in [5, 5.41) is 12.9. The van der Waals surface area contributed by atoms with E-state index in [0.29, 0.717) is 5.69 Å². The maximum Gasteiger partial charge on any atom is 0.268 e. The van der Waals surface area contributed by atoms with Crippen LogP contribution in [0.3, 0.4) is 0 Å². The summed E-state index contributed by atoms with van der Waals surface area (Å²) in [6.45, 7) is 0. The van der Waals surface area contributed by atoms with Gasteiger partial charge in [-0.25, -0.2) is 0 Å². The van der Waals surface area contributed by atoms with Gasteiger partial charge in [-0.2, -0.15) is 0 Å². The number of nitrogens with one attached hydrogen (secondary N) is 2. The molecule has 122 valence electrons. The standard InChI is InChI=1S/C19H24N2O2/c22-18-9-5-4-8-16(18)21-19(23)17-13-12-15(20-17)11-10-14-6-2-1-3-7-14/h1-3,6-7,12-13,16,18,20,22H,4-5,8-11H2,(H,21,23)/t16-,18-/m1/s1. The average molecular weight is 312 g/mol. The summed E-state index contributed by atoms with van der Waals surface area (Å²) in [7, 11) is 0. The molecule has 0 bridgehead atoms. The van der Waals surface area contributed by atoms with E-state index < -0.39 is 6.10 Å². The Morgan fingerprint density at radius 2 is 1.87 bits per heavy atom. The lowest BCUT2D eigenvalue weighted by atomic mass is 9.92. The maximum absolute atomic E-state index is 12.3. The van der Waals surface area contributed by atoms with Crippen LogP contribution in [0.4, 0.5) is 0 Å². The van der Waals surface area contributed by atoms with Crippen LogP contribution < -0.4 is 5.32 Å². The van der Waals surface area contributed by atoms with Crippen molar-refractivity contribution < 1.29 is 9.90 Å². The fourth-order valence-corrected chi connectivity index (χ4v) is 3.17. The summed E-state index contributed by atoms with van der Waals surface area (Å²) < 4.78 is 0. The van der Waals surface area contributed by atoms with Gasteiger partial charge in [-0.05, 0) is 43.4 Å². The van der Waals surface area contributed by atoms with Gasteiger partial charge < -0.3 is 15.4 Å². The lowest BCUT2D eigenvalue weighted by molar-refractivity contribution is 0.0714. The molecule has 1 aliphatic rings. The summed E-state index contributed by atoms with van der Waals surface area (Å²) in [4.78, 5) is 15.5. The van der Waals surface area contributed by atoms with E-state index in [4.69, 9.17) is 0 Å². The van der Waals surface area contributed by atoms with Crippen LogP contribution in [0.5, 0.6) is 0 Å². The van der Waals surface area contributed by atoms with E-state index >= 15 is 0 Å². The molecule has 0 aliphatic heterocycles. The van der Waals surface area contributed by atoms with Crippen molar-refractivity contribution in [2.24, 2.45) is 0 Å². The molecule has 1 heterocycles. The molecule has 1 aliphatic carbocycles. The van der Waals surface area contributed by atoms with Gasteiger partial charge in [0, 0.05) is 5.69 Å². The van der Waals surface area contributed by atoms with Crippen LogP contribution in [-0.4, -0.2) is 28.1 Å². The molecule has 1 aromatic carbocycles. The zero-order valence-electron chi connectivity index (χ0n) is 13.3. The number of aromatic nitrogens is 1. The number of hydrogen-bond donors (Lipinski definition) is 3. The van der Waals surface area contributed by atoms with Crippen molar-refractivity contribution in [3.8, 4) is 0 Å². The van der Waals surface area contributed by atoms with Crippen molar-refractivity contribution in [1.29, 1.82) is 0 Å². The van der Waals surface area contributed by atoms with Crippen molar-refractivity contribution >= 4 is 5.91 Å². The SMILES string of the molecule is O=C(N[C@@H]1CCCC[C@H]1O)c1ccc(CCc2ccccc2)[nH]1. The molecule has 4 nitrogen and oxygen atoms in total. The summed E-state index contributed by atoms with van der Waals surface area (Å²) in [5.74, 6) is -0.123. The minimum atomic E-state index is -0.416. The first-order valence-electron chi connectivity index (χ1n) is 8.43. The number of carbonyl (C=O) groups excluding carboxylic acids is 1. The Hall–Kier alpha value is -2.07. The normalized spacial score (nSPS) is 21.1. The third-order valence-electron chi connectivity index (χ3n) is 4.56. The van der Waals surface area contributed by atoms with Gasteiger partial charge in [-0.3, -0.25) is 4.79 Å². The Labute approximate surface area is 136 Å². The Kier molecular flexibility index (Phi) is 5.13. The largest absolute Gasteiger partial charge is 0.391 e. The molecule has 1 fully saturated rings. The molecule has 4 heteroatoms. The van der Waals surface area contributed by atoms with Gasteiger partial charge in [-0.15, -0.1) is 0 Å². The minimum absolute atomic E-state index is 0.118. The Balaban J connectivity index is 1.54. The molecule has 3 rings (SSSR count).